The molecule has 0 unspecified atom stereocenters. The second-order valence-electron chi connectivity index (χ2n) is 3.99. The molecular weight excluding hydrogens is 306 g/mol. The number of nitro groups is 1. The predicted octanol–water partition coefficient (Wildman–Crippen LogP) is 0.307. The molecule has 4 N–H and O–H groups in total. The lowest BCUT2D eigenvalue weighted by Crippen LogP contribution is -2.43. The van der Waals surface area contributed by atoms with Crippen molar-refractivity contribution in [2.45, 2.75) is 12.5 Å². The van der Waals surface area contributed by atoms with Crippen LogP contribution in [-0.4, -0.2) is 33.9 Å². The number of amides is 2. The van der Waals surface area contributed by atoms with Gasteiger partial charge < -0.3 is 16.2 Å². The number of aliphatic carboxylic acids is 1. The van der Waals surface area contributed by atoms with Crippen LogP contribution >= 0.6 is 11.6 Å². The Labute approximate surface area is 122 Å². The minimum absolute atomic E-state index is 0.0591. The molecule has 0 heterocycles. The summed E-state index contributed by atoms with van der Waals surface area (Å²) in [6.45, 7) is 0. The first kappa shape index (κ1) is 16.4. The van der Waals surface area contributed by atoms with E-state index < -0.39 is 40.9 Å². The number of hydrogen-bond acceptors (Lipinski definition) is 5. The molecule has 0 aromatic heterocycles. The van der Waals surface area contributed by atoms with Gasteiger partial charge in [0, 0.05) is 22.7 Å². The number of halogens is 1. The molecule has 0 saturated carbocycles. The minimum Gasteiger partial charge on any atom is -0.480 e. The molecular formula is C11H10ClN3O6. The van der Waals surface area contributed by atoms with Crippen LogP contribution in [0.3, 0.4) is 0 Å². The van der Waals surface area contributed by atoms with E-state index in [0.717, 1.165) is 18.2 Å². The summed E-state index contributed by atoms with van der Waals surface area (Å²) in [5.74, 6) is -3.30. The van der Waals surface area contributed by atoms with Gasteiger partial charge in [0.2, 0.25) is 5.91 Å². The molecule has 10 heteroatoms. The summed E-state index contributed by atoms with van der Waals surface area (Å²) in [5, 5.41) is 21.5. The summed E-state index contributed by atoms with van der Waals surface area (Å²) in [6.07, 6.45) is -0.607. The summed E-state index contributed by atoms with van der Waals surface area (Å²) in [7, 11) is 0. The fourth-order valence-corrected chi connectivity index (χ4v) is 1.68. The number of non-ortho nitro benzene ring substituents is 1. The Bertz CT molecular complexity index is 618. The summed E-state index contributed by atoms with van der Waals surface area (Å²) in [5.41, 5.74) is 4.24. The van der Waals surface area contributed by atoms with Gasteiger partial charge in [-0.1, -0.05) is 11.6 Å². The zero-order valence-electron chi connectivity index (χ0n) is 10.4. The maximum absolute atomic E-state index is 11.9. The molecule has 1 aromatic carbocycles. The molecule has 21 heavy (non-hydrogen) atoms. The van der Waals surface area contributed by atoms with Crippen LogP contribution in [-0.2, 0) is 9.59 Å². The van der Waals surface area contributed by atoms with E-state index in [9.17, 15) is 24.5 Å². The van der Waals surface area contributed by atoms with Crippen LogP contribution < -0.4 is 11.1 Å². The van der Waals surface area contributed by atoms with E-state index in [1.54, 1.807) is 0 Å². The Morgan fingerprint density at radius 1 is 1.38 bits per heavy atom. The number of nitro benzene ring substituents is 1. The number of primary amides is 1. The highest BCUT2D eigenvalue weighted by Gasteiger charge is 2.23. The van der Waals surface area contributed by atoms with Crippen molar-refractivity contribution in [2.24, 2.45) is 5.73 Å². The van der Waals surface area contributed by atoms with E-state index >= 15 is 0 Å². The largest absolute Gasteiger partial charge is 0.480 e. The van der Waals surface area contributed by atoms with Crippen LogP contribution in [0, 0.1) is 10.1 Å². The van der Waals surface area contributed by atoms with Crippen LogP contribution in [0.4, 0.5) is 5.69 Å². The van der Waals surface area contributed by atoms with Crippen LogP contribution in [0.15, 0.2) is 18.2 Å². The monoisotopic (exact) mass is 315 g/mol. The number of carboxylic acid groups (broad SMARTS) is 1. The number of carbonyl (C=O) groups is 3. The third-order valence-corrected chi connectivity index (χ3v) is 2.58. The lowest BCUT2D eigenvalue weighted by molar-refractivity contribution is -0.384. The highest BCUT2D eigenvalue weighted by molar-refractivity contribution is 6.31. The number of nitrogens with one attached hydrogen (secondary N) is 1. The molecule has 112 valence electrons. The number of nitrogens with zero attached hydrogens (tertiary/aromatic N) is 1. The van der Waals surface area contributed by atoms with Crippen molar-refractivity contribution in [2.75, 3.05) is 0 Å². The third-order valence-electron chi connectivity index (χ3n) is 2.36. The quantitative estimate of drug-likeness (QED) is 0.507. The Morgan fingerprint density at radius 3 is 2.48 bits per heavy atom. The fourth-order valence-electron chi connectivity index (χ4n) is 1.45. The fraction of sp³-hybridized carbons (Fsp3) is 0.182. The molecule has 0 aliphatic heterocycles. The average molecular weight is 316 g/mol. The second kappa shape index (κ2) is 6.66. The number of hydrogen-bond donors (Lipinski definition) is 3. The Morgan fingerprint density at radius 2 is 2.00 bits per heavy atom. The first-order chi connectivity index (χ1) is 9.70. The van der Waals surface area contributed by atoms with Crippen molar-refractivity contribution in [3.63, 3.8) is 0 Å². The molecule has 1 aromatic rings. The third kappa shape index (κ3) is 4.73. The van der Waals surface area contributed by atoms with Gasteiger partial charge in [-0.15, -0.1) is 0 Å². The van der Waals surface area contributed by atoms with Crippen LogP contribution in [0.1, 0.15) is 16.8 Å². The maximum atomic E-state index is 11.9. The summed E-state index contributed by atoms with van der Waals surface area (Å²) in [4.78, 5) is 43.4. The molecule has 2 amide bonds. The molecule has 0 bridgehead atoms. The van der Waals surface area contributed by atoms with Crippen LogP contribution in [0.2, 0.25) is 5.02 Å². The van der Waals surface area contributed by atoms with Crippen molar-refractivity contribution >= 4 is 35.1 Å². The van der Waals surface area contributed by atoms with Crippen LogP contribution in [0.5, 0.6) is 0 Å². The van der Waals surface area contributed by atoms with Gasteiger partial charge in [0.1, 0.15) is 6.04 Å². The van der Waals surface area contributed by atoms with Gasteiger partial charge in [-0.25, -0.2) is 4.79 Å². The molecule has 0 saturated heterocycles. The predicted molar refractivity (Wildman–Crippen MR) is 70.8 cm³/mol. The lowest BCUT2D eigenvalue weighted by atomic mass is 10.1. The van der Waals surface area contributed by atoms with Gasteiger partial charge in [0.05, 0.1) is 11.3 Å². The SMILES string of the molecule is NC(=O)C[C@@H](NC(=O)c1cc(Cl)cc([N+](=O)[O-])c1)C(=O)O. The Balaban J connectivity index is 2.99. The van der Waals surface area contributed by atoms with E-state index in [1.807, 2.05) is 5.32 Å². The summed E-state index contributed by atoms with van der Waals surface area (Å²) in [6, 6.07) is 1.57. The van der Waals surface area contributed by atoms with E-state index in [2.05, 4.69) is 0 Å². The smallest absolute Gasteiger partial charge is 0.326 e. The van der Waals surface area contributed by atoms with Gasteiger partial charge >= 0.3 is 5.97 Å². The topological polar surface area (TPSA) is 153 Å². The maximum Gasteiger partial charge on any atom is 0.326 e. The highest BCUT2D eigenvalue weighted by Crippen LogP contribution is 2.21. The molecule has 0 aliphatic rings. The minimum atomic E-state index is -1.53. The van der Waals surface area contributed by atoms with Crippen molar-refractivity contribution in [3.8, 4) is 0 Å². The number of benzene rings is 1. The van der Waals surface area contributed by atoms with Crippen molar-refractivity contribution in [3.05, 3.63) is 38.9 Å². The van der Waals surface area contributed by atoms with Gasteiger partial charge in [-0.3, -0.25) is 19.7 Å². The van der Waals surface area contributed by atoms with Crippen LogP contribution in [0.25, 0.3) is 0 Å². The standard InChI is InChI=1S/C11H10ClN3O6/c12-6-1-5(2-7(3-6)15(20)21)10(17)14-8(11(18)19)4-9(13)16/h1-3,8H,4H2,(H2,13,16)(H,14,17)(H,18,19)/t8-/m1/s1. The van der Waals surface area contributed by atoms with E-state index in [4.69, 9.17) is 22.4 Å². The zero-order chi connectivity index (χ0) is 16.2. The van der Waals surface area contributed by atoms with Gasteiger partial charge in [-0.05, 0) is 6.07 Å². The highest BCUT2D eigenvalue weighted by atomic mass is 35.5. The normalized spacial score (nSPS) is 11.5. The molecule has 9 nitrogen and oxygen atoms in total. The van der Waals surface area contributed by atoms with Crippen molar-refractivity contribution in [1.82, 2.24) is 5.32 Å². The molecule has 1 atom stereocenters. The first-order valence-electron chi connectivity index (χ1n) is 5.47. The Kier molecular flexibility index (Phi) is 5.19. The van der Waals surface area contributed by atoms with Gasteiger partial charge in [0.15, 0.2) is 0 Å². The Hall–Kier alpha value is -2.68. The zero-order valence-corrected chi connectivity index (χ0v) is 11.2. The number of nitrogens with two attached hydrogens (primary N) is 1. The molecule has 0 aliphatic carbocycles. The lowest BCUT2D eigenvalue weighted by Gasteiger charge is -2.12. The first-order valence-corrected chi connectivity index (χ1v) is 5.85. The molecule has 0 spiro atoms. The second-order valence-corrected chi connectivity index (χ2v) is 4.43. The number of carboxylic acids is 1. The van der Waals surface area contributed by atoms with Gasteiger partial charge in [-0.2, -0.15) is 0 Å². The molecule has 1 rings (SSSR count). The summed E-state index contributed by atoms with van der Waals surface area (Å²) >= 11 is 5.65. The van der Waals surface area contributed by atoms with E-state index in [1.165, 1.54) is 0 Å². The van der Waals surface area contributed by atoms with Crippen molar-refractivity contribution < 1.29 is 24.4 Å². The molecule has 0 radical (unpaired) electrons. The summed E-state index contributed by atoms with van der Waals surface area (Å²) < 4.78 is 0. The molecule has 0 fully saturated rings. The van der Waals surface area contributed by atoms with Crippen molar-refractivity contribution in [1.29, 1.82) is 0 Å². The van der Waals surface area contributed by atoms with Gasteiger partial charge in [0.25, 0.3) is 11.6 Å². The number of rotatable bonds is 6. The van der Waals surface area contributed by atoms with E-state index in [0.29, 0.717) is 0 Å². The average Bonchev–Trinajstić information content (AvgIpc) is 2.36. The number of carbonyl (C=O) groups excluding carboxylic acids is 2. The van der Waals surface area contributed by atoms with E-state index in [-0.39, 0.29) is 10.6 Å².